The van der Waals surface area contributed by atoms with Crippen LogP contribution in [0.4, 0.5) is 13.2 Å². The minimum Gasteiger partial charge on any atom is -0.478 e. The van der Waals surface area contributed by atoms with Crippen molar-refractivity contribution in [2.45, 2.75) is 11.3 Å². The Morgan fingerprint density at radius 2 is 2.06 bits per heavy atom. The van der Waals surface area contributed by atoms with Gasteiger partial charge < -0.3 is 9.84 Å². The lowest BCUT2D eigenvalue weighted by atomic mass is 10.2. The number of thiol groups is 1. The maximum atomic E-state index is 12.0. The summed E-state index contributed by atoms with van der Waals surface area (Å²) in [5, 5.41) is 8.40. The lowest BCUT2D eigenvalue weighted by Gasteiger charge is -2.11. The average Bonchev–Trinajstić information content (AvgIpc) is 2.16. The van der Waals surface area contributed by atoms with Gasteiger partial charge in [-0.05, 0) is 24.3 Å². The van der Waals surface area contributed by atoms with Crippen LogP contribution < -0.4 is 4.74 Å². The van der Waals surface area contributed by atoms with E-state index in [0.717, 1.165) is 12.1 Å². The smallest absolute Gasteiger partial charge is 0.478 e. The van der Waals surface area contributed by atoms with E-state index in [1.807, 2.05) is 0 Å². The molecule has 3 nitrogen and oxygen atoms in total. The van der Waals surface area contributed by atoms with Crippen LogP contribution in [-0.2, 0) is 4.79 Å². The highest BCUT2D eigenvalue weighted by Crippen LogP contribution is 2.29. The van der Waals surface area contributed by atoms with Crippen molar-refractivity contribution in [3.8, 4) is 5.75 Å². The average molecular weight is 264 g/mol. The minimum absolute atomic E-state index is 0.0165. The molecule has 0 bridgehead atoms. The van der Waals surface area contributed by atoms with Crippen LogP contribution in [0, 0.1) is 0 Å². The van der Waals surface area contributed by atoms with Gasteiger partial charge in [0.25, 0.3) is 0 Å². The normalized spacial score (nSPS) is 11.8. The monoisotopic (exact) mass is 264 g/mol. The molecule has 0 atom stereocenters. The number of rotatable bonds is 3. The highest BCUT2D eigenvalue weighted by atomic mass is 32.1. The van der Waals surface area contributed by atoms with Gasteiger partial charge in [-0.3, -0.25) is 0 Å². The quantitative estimate of drug-likeness (QED) is 0.651. The fraction of sp³-hybridized carbons (Fsp3) is 0.100. The molecule has 0 amide bonds. The lowest BCUT2D eigenvalue weighted by molar-refractivity contribution is -0.274. The molecule has 0 unspecified atom stereocenters. The van der Waals surface area contributed by atoms with E-state index in [2.05, 4.69) is 17.4 Å². The van der Waals surface area contributed by atoms with Gasteiger partial charge in [0.1, 0.15) is 5.75 Å². The van der Waals surface area contributed by atoms with Gasteiger partial charge in [-0.1, -0.05) is 0 Å². The molecule has 17 heavy (non-hydrogen) atoms. The van der Waals surface area contributed by atoms with Crippen LogP contribution in [0.2, 0.25) is 0 Å². The molecular formula is C10H7F3O3S. The van der Waals surface area contributed by atoms with Crippen LogP contribution >= 0.6 is 12.6 Å². The van der Waals surface area contributed by atoms with Crippen LogP contribution in [0.3, 0.4) is 0 Å². The summed E-state index contributed by atoms with van der Waals surface area (Å²) in [5.74, 6) is -1.75. The summed E-state index contributed by atoms with van der Waals surface area (Å²) in [6, 6.07) is 3.64. The van der Waals surface area contributed by atoms with Crippen LogP contribution in [-0.4, -0.2) is 17.4 Å². The second-order valence-electron chi connectivity index (χ2n) is 2.94. The van der Waals surface area contributed by atoms with Gasteiger partial charge in [0, 0.05) is 16.5 Å². The van der Waals surface area contributed by atoms with Crippen molar-refractivity contribution < 1.29 is 27.8 Å². The number of carbonyl (C=O) groups is 1. The first-order chi connectivity index (χ1) is 7.78. The molecule has 0 radical (unpaired) electrons. The van der Waals surface area contributed by atoms with Crippen molar-refractivity contribution in [3.05, 3.63) is 29.8 Å². The number of carboxylic acid groups (broad SMARTS) is 1. The predicted octanol–water partition coefficient (Wildman–Crippen LogP) is 2.97. The lowest BCUT2D eigenvalue weighted by Crippen LogP contribution is -2.17. The summed E-state index contributed by atoms with van der Waals surface area (Å²) in [5.41, 5.74) is -0.0165. The number of hydrogen-bond acceptors (Lipinski definition) is 3. The maximum Gasteiger partial charge on any atom is 0.573 e. The Morgan fingerprint density at radius 1 is 1.41 bits per heavy atom. The number of alkyl halides is 3. The van der Waals surface area contributed by atoms with Gasteiger partial charge in [0.05, 0.1) is 0 Å². The third-order valence-corrected chi connectivity index (χ3v) is 1.90. The SMILES string of the molecule is O=C(O)/C=C/c1cc(S)ccc1OC(F)(F)F. The number of hydrogen-bond donors (Lipinski definition) is 2. The van der Waals surface area contributed by atoms with Gasteiger partial charge in [-0.2, -0.15) is 0 Å². The van der Waals surface area contributed by atoms with E-state index in [9.17, 15) is 18.0 Å². The zero-order valence-electron chi connectivity index (χ0n) is 8.23. The Hall–Kier alpha value is -1.63. The predicted molar refractivity (Wildman–Crippen MR) is 57.0 cm³/mol. The van der Waals surface area contributed by atoms with E-state index in [0.29, 0.717) is 11.0 Å². The fourth-order valence-electron chi connectivity index (χ4n) is 1.04. The van der Waals surface area contributed by atoms with Crippen molar-refractivity contribution in [2.75, 3.05) is 0 Å². The molecule has 0 aliphatic heterocycles. The summed E-state index contributed by atoms with van der Waals surface area (Å²) < 4.78 is 39.9. The zero-order chi connectivity index (χ0) is 13.1. The van der Waals surface area contributed by atoms with Crippen LogP contribution in [0.25, 0.3) is 6.08 Å². The van der Waals surface area contributed by atoms with Gasteiger partial charge >= 0.3 is 12.3 Å². The van der Waals surface area contributed by atoms with Gasteiger partial charge in [0.15, 0.2) is 0 Å². The summed E-state index contributed by atoms with van der Waals surface area (Å²) in [6.07, 6.45) is -3.11. The summed E-state index contributed by atoms with van der Waals surface area (Å²) >= 11 is 3.94. The molecule has 1 rings (SSSR count). The van der Waals surface area contributed by atoms with Crippen molar-refractivity contribution in [1.29, 1.82) is 0 Å². The zero-order valence-corrected chi connectivity index (χ0v) is 9.13. The molecule has 0 saturated carbocycles. The second kappa shape index (κ2) is 5.13. The Kier molecular flexibility index (Phi) is 4.06. The van der Waals surface area contributed by atoms with Crippen LogP contribution in [0.5, 0.6) is 5.75 Å². The molecule has 1 aromatic rings. The minimum atomic E-state index is -4.83. The van der Waals surface area contributed by atoms with E-state index in [4.69, 9.17) is 5.11 Å². The van der Waals surface area contributed by atoms with Crippen molar-refractivity contribution >= 4 is 24.7 Å². The fourth-order valence-corrected chi connectivity index (χ4v) is 1.26. The van der Waals surface area contributed by atoms with Crippen molar-refractivity contribution in [2.24, 2.45) is 0 Å². The first-order valence-corrected chi connectivity index (χ1v) is 4.72. The number of aliphatic carboxylic acids is 1. The molecule has 0 spiro atoms. The molecule has 0 fully saturated rings. The van der Waals surface area contributed by atoms with Crippen molar-refractivity contribution in [1.82, 2.24) is 0 Å². The topological polar surface area (TPSA) is 46.5 Å². The van der Waals surface area contributed by atoms with E-state index in [1.165, 1.54) is 12.1 Å². The molecule has 7 heteroatoms. The Morgan fingerprint density at radius 3 is 2.59 bits per heavy atom. The van der Waals surface area contributed by atoms with Crippen LogP contribution in [0.15, 0.2) is 29.2 Å². The largest absolute Gasteiger partial charge is 0.573 e. The van der Waals surface area contributed by atoms with E-state index in [1.54, 1.807) is 0 Å². The summed E-state index contributed by atoms with van der Waals surface area (Å²) in [4.78, 5) is 10.7. The van der Waals surface area contributed by atoms with Gasteiger partial charge in [-0.25, -0.2) is 4.79 Å². The summed E-state index contributed by atoms with van der Waals surface area (Å²) in [7, 11) is 0. The number of benzene rings is 1. The first kappa shape index (κ1) is 13.4. The molecular weight excluding hydrogens is 257 g/mol. The molecule has 0 aliphatic rings. The van der Waals surface area contributed by atoms with Crippen molar-refractivity contribution in [3.63, 3.8) is 0 Å². The van der Waals surface area contributed by atoms with Gasteiger partial charge in [-0.15, -0.1) is 25.8 Å². The van der Waals surface area contributed by atoms with Crippen LogP contribution in [0.1, 0.15) is 5.56 Å². The molecule has 0 aromatic heterocycles. The second-order valence-corrected chi connectivity index (χ2v) is 3.46. The number of halogens is 3. The summed E-state index contributed by atoms with van der Waals surface area (Å²) in [6.45, 7) is 0. The molecule has 0 saturated heterocycles. The first-order valence-electron chi connectivity index (χ1n) is 4.28. The van der Waals surface area contributed by atoms with E-state index < -0.39 is 18.1 Å². The highest BCUT2D eigenvalue weighted by molar-refractivity contribution is 7.80. The molecule has 92 valence electrons. The maximum absolute atomic E-state index is 12.0. The molecule has 1 N–H and O–H groups in total. The number of carboxylic acids is 1. The van der Waals surface area contributed by atoms with E-state index in [-0.39, 0.29) is 5.56 Å². The third kappa shape index (κ3) is 4.81. The standard InChI is InChI=1S/C10H7F3O3S/c11-10(12,13)16-8-3-2-7(17)5-6(8)1-4-9(14)15/h1-5,17H,(H,14,15)/b4-1+. The highest BCUT2D eigenvalue weighted by Gasteiger charge is 2.31. The van der Waals surface area contributed by atoms with Gasteiger partial charge in [0.2, 0.25) is 0 Å². The molecule has 0 heterocycles. The Labute approximate surface area is 99.9 Å². The van der Waals surface area contributed by atoms with E-state index >= 15 is 0 Å². The Balaban J connectivity index is 3.08. The molecule has 1 aromatic carbocycles. The number of ether oxygens (including phenoxy) is 1. The third-order valence-electron chi connectivity index (χ3n) is 1.62. The molecule has 0 aliphatic carbocycles. The Bertz CT molecular complexity index is 455.